The van der Waals surface area contributed by atoms with E-state index in [0.29, 0.717) is 23.1 Å². The molecule has 0 saturated carbocycles. The molecule has 0 amide bonds. The van der Waals surface area contributed by atoms with Gasteiger partial charge in [0.05, 0.1) is 12.7 Å². The minimum absolute atomic E-state index is 0.133. The fraction of sp³-hybridized carbons (Fsp3) is 0.312. The Balaban J connectivity index is 1.79. The van der Waals surface area contributed by atoms with Crippen molar-refractivity contribution in [2.24, 2.45) is 0 Å². The first-order chi connectivity index (χ1) is 11.0. The quantitative estimate of drug-likeness (QED) is 0.725. The molecule has 3 heterocycles. The summed E-state index contributed by atoms with van der Waals surface area (Å²) in [5.41, 5.74) is 1.30. The van der Waals surface area contributed by atoms with Gasteiger partial charge in [0.15, 0.2) is 5.52 Å². The highest BCUT2D eigenvalue weighted by Gasteiger charge is 2.28. The van der Waals surface area contributed by atoms with Gasteiger partial charge in [0.2, 0.25) is 0 Å². The lowest BCUT2D eigenvalue weighted by Gasteiger charge is -2.08. The monoisotopic (exact) mass is 330 g/mol. The van der Waals surface area contributed by atoms with Crippen molar-refractivity contribution in [2.45, 2.75) is 32.4 Å². The van der Waals surface area contributed by atoms with Gasteiger partial charge in [0.25, 0.3) is 5.56 Å². The third-order valence-electron chi connectivity index (χ3n) is 4.00. The number of rotatable bonds is 2. The molecule has 0 fully saturated rings. The minimum Gasteiger partial charge on any atom is -0.453 e. The minimum atomic E-state index is -0.241. The van der Waals surface area contributed by atoms with Crippen molar-refractivity contribution in [2.75, 3.05) is 0 Å². The number of halogens is 1. The lowest BCUT2D eigenvalue weighted by molar-refractivity contribution is 0.227. The van der Waals surface area contributed by atoms with Crippen LogP contribution in [-0.4, -0.2) is 19.2 Å². The molecule has 4 rings (SSSR count). The smallest absolute Gasteiger partial charge is 0.317 e. The van der Waals surface area contributed by atoms with Crippen LogP contribution < -0.4 is 10.3 Å². The molecule has 0 radical (unpaired) electrons. The largest absolute Gasteiger partial charge is 0.453 e. The standard InChI is InChI=1S/C16H15ClN4O2/c1-9(2)14-18-7-12-15(22)20-8-13(23-16(20)19-21(12)14)10-3-5-11(17)6-4-10/h3-7,9,13H,8H2,1-2H3. The molecular formula is C16H15ClN4O2. The zero-order valence-corrected chi connectivity index (χ0v) is 13.5. The van der Waals surface area contributed by atoms with Gasteiger partial charge < -0.3 is 4.74 Å². The maximum Gasteiger partial charge on any atom is 0.317 e. The second-order valence-electron chi connectivity index (χ2n) is 5.92. The van der Waals surface area contributed by atoms with Crippen LogP contribution in [0.25, 0.3) is 5.52 Å². The Morgan fingerprint density at radius 1 is 1.30 bits per heavy atom. The van der Waals surface area contributed by atoms with Crippen molar-refractivity contribution in [3.05, 3.63) is 57.2 Å². The zero-order chi connectivity index (χ0) is 16.1. The molecule has 118 valence electrons. The molecular weight excluding hydrogens is 316 g/mol. The summed E-state index contributed by atoms with van der Waals surface area (Å²) in [6.45, 7) is 4.46. The second kappa shape index (κ2) is 5.09. The Kier molecular flexibility index (Phi) is 3.16. The Hall–Kier alpha value is -2.34. The van der Waals surface area contributed by atoms with Crippen LogP contribution in [0.5, 0.6) is 6.01 Å². The van der Waals surface area contributed by atoms with Gasteiger partial charge in [0.1, 0.15) is 11.9 Å². The first kappa shape index (κ1) is 14.3. The van der Waals surface area contributed by atoms with Crippen LogP contribution in [0.2, 0.25) is 5.02 Å². The van der Waals surface area contributed by atoms with Gasteiger partial charge in [-0.3, -0.25) is 9.36 Å². The normalized spacial score (nSPS) is 16.8. The molecule has 2 aromatic heterocycles. The first-order valence-electron chi connectivity index (χ1n) is 7.45. The van der Waals surface area contributed by atoms with Crippen LogP contribution in [0.1, 0.15) is 37.3 Å². The summed E-state index contributed by atoms with van der Waals surface area (Å²) in [7, 11) is 0. The van der Waals surface area contributed by atoms with E-state index in [0.717, 1.165) is 11.4 Å². The maximum atomic E-state index is 12.6. The van der Waals surface area contributed by atoms with Crippen molar-refractivity contribution < 1.29 is 4.74 Å². The predicted molar refractivity (Wildman–Crippen MR) is 86.2 cm³/mol. The Morgan fingerprint density at radius 2 is 2.04 bits per heavy atom. The van der Waals surface area contributed by atoms with E-state index in [1.165, 1.54) is 0 Å². The van der Waals surface area contributed by atoms with Crippen LogP contribution in [0.15, 0.2) is 35.3 Å². The summed E-state index contributed by atoms with van der Waals surface area (Å²) in [5, 5.41) is 5.13. The molecule has 0 spiro atoms. The fourth-order valence-corrected chi connectivity index (χ4v) is 2.92. The number of nitrogens with zero attached hydrogens (tertiary/aromatic N) is 4. The number of ether oxygens (including phenoxy) is 1. The van der Waals surface area contributed by atoms with E-state index in [2.05, 4.69) is 10.1 Å². The third-order valence-corrected chi connectivity index (χ3v) is 4.25. The van der Waals surface area contributed by atoms with Gasteiger partial charge in [-0.15, -0.1) is 5.10 Å². The molecule has 0 bridgehead atoms. The van der Waals surface area contributed by atoms with Crippen LogP contribution >= 0.6 is 11.6 Å². The van der Waals surface area contributed by atoms with Gasteiger partial charge >= 0.3 is 6.01 Å². The molecule has 1 aliphatic rings. The van der Waals surface area contributed by atoms with E-state index in [4.69, 9.17) is 16.3 Å². The van der Waals surface area contributed by atoms with Crippen molar-refractivity contribution in [3.63, 3.8) is 0 Å². The average Bonchev–Trinajstić information content (AvgIpc) is 3.12. The molecule has 6 nitrogen and oxygen atoms in total. The van der Waals surface area contributed by atoms with E-state index in [9.17, 15) is 4.79 Å². The summed E-state index contributed by atoms with van der Waals surface area (Å²) >= 11 is 5.92. The molecule has 7 heteroatoms. The van der Waals surface area contributed by atoms with Crippen LogP contribution in [0, 0.1) is 0 Å². The van der Waals surface area contributed by atoms with Gasteiger partial charge in [-0.1, -0.05) is 37.6 Å². The Labute approximate surface area is 137 Å². The molecule has 0 saturated heterocycles. The molecule has 3 aromatic rings. The lowest BCUT2D eigenvalue weighted by atomic mass is 10.1. The van der Waals surface area contributed by atoms with Crippen LogP contribution in [0.4, 0.5) is 0 Å². The molecule has 0 aliphatic carbocycles. The molecule has 0 N–H and O–H groups in total. The predicted octanol–water partition coefficient (Wildman–Crippen LogP) is 2.80. The maximum absolute atomic E-state index is 12.6. The molecule has 23 heavy (non-hydrogen) atoms. The molecule has 1 unspecified atom stereocenters. The van der Waals surface area contributed by atoms with Gasteiger partial charge in [-0.25, -0.2) is 9.50 Å². The number of hydrogen-bond acceptors (Lipinski definition) is 4. The first-order valence-corrected chi connectivity index (χ1v) is 7.83. The number of benzene rings is 1. The van der Waals surface area contributed by atoms with E-state index < -0.39 is 0 Å². The van der Waals surface area contributed by atoms with Crippen molar-refractivity contribution in [3.8, 4) is 6.01 Å². The average molecular weight is 331 g/mol. The number of imidazole rings is 1. The van der Waals surface area contributed by atoms with E-state index in [1.807, 2.05) is 38.1 Å². The number of hydrogen-bond donors (Lipinski definition) is 0. The van der Waals surface area contributed by atoms with Crippen molar-refractivity contribution in [1.29, 1.82) is 0 Å². The highest BCUT2D eigenvalue weighted by Crippen LogP contribution is 2.29. The summed E-state index contributed by atoms with van der Waals surface area (Å²) in [6.07, 6.45) is 1.34. The van der Waals surface area contributed by atoms with Crippen LogP contribution in [0.3, 0.4) is 0 Å². The SMILES string of the molecule is CC(C)c1ncc2c(=O)n3c(nn12)OC(c1ccc(Cl)cc1)C3. The Bertz CT molecular complexity index is 943. The second-order valence-corrected chi connectivity index (χ2v) is 6.36. The number of fused-ring (bicyclic) bond motifs is 2. The van der Waals surface area contributed by atoms with Crippen molar-refractivity contribution in [1.82, 2.24) is 19.2 Å². The molecule has 1 atom stereocenters. The summed E-state index contributed by atoms with van der Waals surface area (Å²) < 4.78 is 9.03. The van der Waals surface area contributed by atoms with Gasteiger partial charge in [-0.2, -0.15) is 0 Å². The summed E-state index contributed by atoms with van der Waals surface area (Å²) in [6, 6.07) is 7.74. The highest BCUT2D eigenvalue weighted by atomic mass is 35.5. The van der Waals surface area contributed by atoms with E-state index >= 15 is 0 Å². The van der Waals surface area contributed by atoms with E-state index in [-0.39, 0.29) is 17.6 Å². The van der Waals surface area contributed by atoms with Crippen molar-refractivity contribution >= 4 is 17.1 Å². The van der Waals surface area contributed by atoms with Crippen LogP contribution in [-0.2, 0) is 6.54 Å². The molecule has 1 aliphatic heterocycles. The van der Waals surface area contributed by atoms with Gasteiger partial charge in [-0.05, 0) is 17.7 Å². The zero-order valence-electron chi connectivity index (χ0n) is 12.7. The molecule has 1 aromatic carbocycles. The van der Waals surface area contributed by atoms with E-state index in [1.54, 1.807) is 15.3 Å². The third kappa shape index (κ3) is 2.21. The topological polar surface area (TPSA) is 61.4 Å². The Morgan fingerprint density at radius 3 is 2.74 bits per heavy atom. The fourth-order valence-electron chi connectivity index (χ4n) is 2.80. The highest BCUT2D eigenvalue weighted by molar-refractivity contribution is 6.30. The number of aromatic nitrogens is 4. The lowest BCUT2D eigenvalue weighted by Crippen LogP contribution is -2.21. The summed E-state index contributed by atoms with van der Waals surface area (Å²) in [5.74, 6) is 0.917. The van der Waals surface area contributed by atoms with Gasteiger partial charge in [0, 0.05) is 10.9 Å². The summed E-state index contributed by atoms with van der Waals surface area (Å²) in [4.78, 5) is 16.9.